The van der Waals surface area contributed by atoms with E-state index in [0.717, 1.165) is 5.56 Å². The van der Waals surface area contributed by atoms with Gasteiger partial charge in [0, 0.05) is 19.6 Å². The van der Waals surface area contributed by atoms with Gasteiger partial charge in [-0.3, -0.25) is 14.5 Å². The molecule has 1 aliphatic rings. The predicted octanol–water partition coefficient (Wildman–Crippen LogP) is -1.15. The highest BCUT2D eigenvalue weighted by atomic mass is 16.3. The molecule has 0 unspecified atom stereocenters. The summed E-state index contributed by atoms with van der Waals surface area (Å²) in [6, 6.07) is 8.52. The number of rotatable bonds is 7. The van der Waals surface area contributed by atoms with Crippen LogP contribution < -0.4 is 10.6 Å². The van der Waals surface area contributed by atoms with Gasteiger partial charge in [-0.15, -0.1) is 0 Å². The van der Waals surface area contributed by atoms with Crippen molar-refractivity contribution < 1.29 is 19.8 Å². The normalized spacial score (nSPS) is 18.7. The first-order valence-electron chi connectivity index (χ1n) is 7.70. The Morgan fingerprint density at radius 3 is 2.65 bits per heavy atom. The van der Waals surface area contributed by atoms with Crippen molar-refractivity contribution in [3.05, 3.63) is 35.9 Å². The first-order chi connectivity index (χ1) is 11.1. The predicted molar refractivity (Wildman–Crippen MR) is 84.4 cm³/mol. The molecule has 126 valence electrons. The maximum atomic E-state index is 12.1. The van der Waals surface area contributed by atoms with Gasteiger partial charge in [0.2, 0.25) is 11.8 Å². The van der Waals surface area contributed by atoms with Gasteiger partial charge in [-0.2, -0.15) is 0 Å². The Labute approximate surface area is 135 Å². The van der Waals surface area contributed by atoms with Crippen LogP contribution in [0.3, 0.4) is 0 Å². The largest absolute Gasteiger partial charge is 0.394 e. The second-order valence-corrected chi connectivity index (χ2v) is 5.60. The first kappa shape index (κ1) is 17.4. The van der Waals surface area contributed by atoms with Crippen LogP contribution in [-0.2, 0) is 16.1 Å². The van der Waals surface area contributed by atoms with Crippen LogP contribution in [0.2, 0.25) is 0 Å². The van der Waals surface area contributed by atoms with E-state index in [0.29, 0.717) is 19.6 Å². The number of hydrogen-bond donors (Lipinski definition) is 4. The first-order valence-corrected chi connectivity index (χ1v) is 7.70. The van der Waals surface area contributed by atoms with E-state index in [-0.39, 0.29) is 31.4 Å². The SMILES string of the molecule is O=C(C[C@H]1C(=O)NCCN1Cc1ccccc1)NC(CO)CO. The zero-order valence-electron chi connectivity index (χ0n) is 12.9. The van der Waals surface area contributed by atoms with E-state index in [1.807, 2.05) is 35.2 Å². The summed E-state index contributed by atoms with van der Waals surface area (Å²) in [6.07, 6.45) is -0.00479. The van der Waals surface area contributed by atoms with Crippen LogP contribution in [0.5, 0.6) is 0 Å². The fourth-order valence-corrected chi connectivity index (χ4v) is 2.60. The van der Waals surface area contributed by atoms with E-state index in [9.17, 15) is 9.59 Å². The molecular weight excluding hydrogens is 298 g/mol. The Kier molecular flexibility index (Phi) is 6.52. The monoisotopic (exact) mass is 321 g/mol. The third kappa shape index (κ3) is 5.02. The number of piperazine rings is 1. The molecule has 1 saturated heterocycles. The minimum absolute atomic E-state index is 0.00479. The number of benzene rings is 1. The highest BCUT2D eigenvalue weighted by Gasteiger charge is 2.31. The summed E-state index contributed by atoms with van der Waals surface area (Å²) in [7, 11) is 0. The lowest BCUT2D eigenvalue weighted by atomic mass is 10.1. The number of hydrogen-bond acceptors (Lipinski definition) is 5. The maximum Gasteiger partial charge on any atom is 0.237 e. The molecule has 0 aromatic heterocycles. The van der Waals surface area contributed by atoms with Crippen molar-refractivity contribution >= 4 is 11.8 Å². The molecule has 4 N–H and O–H groups in total. The summed E-state index contributed by atoms with van der Waals surface area (Å²) < 4.78 is 0. The second kappa shape index (κ2) is 8.61. The quantitative estimate of drug-likeness (QED) is 0.508. The summed E-state index contributed by atoms with van der Waals surface area (Å²) in [4.78, 5) is 26.1. The Hall–Kier alpha value is -1.96. The van der Waals surface area contributed by atoms with Crippen LogP contribution in [0.1, 0.15) is 12.0 Å². The van der Waals surface area contributed by atoms with E-state index < -0.39 is 12.1 Å². The number of nitrogens with one attached hydrogen (secondary N) is 2. The van der Waals surface area contributed by atoms with Crippen molar-refractivity contribution in [2.45, 2.75) is 25.0 Å². The zero-order chi connectivity index (χ0) is 16.7. The number of aliphatic hydroxyl groups is 2. The molecule has 7 nitrogen and oxygen atoms in total. The minimum Gasteiger partial charge on any atom is -0.394 e. The molecule has 0 radical (unpaired) electrons. The summed E-state index contributed by atoms with van der Waals surface area (Å²) in [5, 5.41) is 23.3. The van der Waals surface area contributed by atoms with Crippen molar-refractivity contribution in [2.24, 2.45) is 0 Å². The number of nitrogens with zero attached hydrogens (tertiary/aromatic N) is 1. The van der Waals surface area contributed by atoms with Crippen LogP contribution in [0.15, 0.2) is 30.3 Å². The van der Waals surface area contributed by atoms with Crippen molar-refractivity contribution in [1.82, 2.24) is 15.5 Å². The van der Waals surface area contributed by atoms with Gasteiger partial charge in [0.15, 0.2) is 0 Å². The molecule has 1 aromatic rings. The van der Waals surface area contributed by atoms with Gasteiger partial charge < -0.3 is 20.8 Å². The van der Waals surface area contributed by atoms with Gasteiger partial charge >= 0.3 is 0 Å². The Morgan fingerprint density at radius 2 is 2.00 bits per heavy atom. The van der Waals surface area contributed by atoms with E-state index >= 15 is 0 Å². The lowest BCUT2D eigenvalue weighted by Crippen LogP contribution is -2.56. The Morgan fingerprint density at radius 1 is 1.30 bits per heavy atom. The van der Waals surface area contributed by atoms with Gasteiger partial charge in [-0.25, -0.2) is 0 Å². The standard InChI is InChI=1S/C16H23N3O4/c20-10-13(11-21)18-15(22)8-14-16(23)17-6-7-19(14)9-12-4-2-1-3-5-12/h1-5,13-14,20-21H,6-11H2,(H,17,23)(H,18,22)/t14-/m0/s1. The van der Waals surface area contributed by atoms with E-state index in [2.05, 4.69) is 10.6 Å². The third-order valence-corrected chi connectivity index (χ3v) is 3.85. The fraction of sp³-hybridized carbons (Fsp3) is 0.500. The van der Waals surface area contributed by atoms with E-state index in [1.54, 1.807) is 0 Å². The van der Waals surface area contributed by atoms with Gasteiger partial charge in [0.1, 0.15) is 0 Å². The molecule has 0 saturated carbocycles. The summed E-state index contributed by atoms with van der Waals surface area (Å²) in [6.45, 7) is 1.14. The molecule has 23 heavy (non-hydrogen) atoms. The van der Waals surface area contributed by atoms with Gasteiger partial charge in [0.25, 0.3) is 0 Å². The topological polar surface area (TPSA) is 102 Å². The third-order valence-electron chi connectivity index (χ3n) is 3.85. The highest BCUT2D eigenvalue weighted by Crippen LogP contribution is 2.13. The second-order valence-electron chi connectivity index (χ2n) is 5.60. The molecule has 1 fully saturated rings. The minimum atomic E-state index is -0.697. The number of carbonyl (C=O) groups excluding carboxylic acids is 2. The van der Waals surface area contributed by atoms with Crippen molar-refractivity contribution in [3.8, 4) is 0 Å². The summed E-state index contributed by atoms with van der Waals surface area (Å²) in [5.41, 5.74) is 1.08. The zero-order valence-corrected chi connectivity index (χ0v) is 12.9. The molecule has 1 heterocycles. The molecule has 2 amide bonds. The van der Waals surface area contributed by atoms with Gasteiger partial charge in [0.05, 0.1) is 31.7 Å². The molecule has 1 aliphatic heterocycles. The fourth-order valence-electron chi connectivity index (χ4n) is 2.60. The van der Waals surface area contributed by atoms with Gasteiger partial charge in [-0.1, -0.05) is 30.3 Å². The molecule has 1 aromatic carbocycles. The Bertz CT molecular complexity index is 519. The number of carbonyl (C=O) groups is 2. The maximum absolute atomic E-state index is 12.1. The lowest BCUT2D eigenvalue weighted by Gasteiger charge is -2.34. The average Bonchev–Trinajstić information content (AvgIpc) is 2.57. The Balaban J connectivity index is 2.00. The highest BCUT2D eigenvalue weighted by molar-refractivity contribution is 5.88. The van der Waals surface area contributed by atoms with Crippen LogP contribution in [0.25, 0.3) is 0 Å². The smallest absolute Gasteiger partial charge is 0.237 e. The molecule has 7 heteroatoms. The van der Waals surface area contributed by atoms with Gasteiger partial charge in [-0.05, 0) is 5.56 Å². The van der Waals surface area contributed by atoms with Crippen molar-refractivity contribution in [2.75, 3.05) is 26.3 Å². The molecule has 2 rings (SSSR count). The molecular formula is C16H23N3O4. The molecule has 0 spiro atoms. The molecule has 0 bridgehead atoms. The average molecular weight is 321 g/mol. The molecule has 1 atom stereocenters. The van der Waals surface area contributed by atoms with Crippen LogP contribution in [0.4, 0.5) is 0 Å². The lowest BCUT2D eigenvalue weighted by molar-refractivity contribution is -0.134. The summed E-state index contributed by atoms with van der Waals surface area (Å²) >= 11 is 0. The molecule has 0 aliphatic carbocycles. The van der Waals surface area contributed by atoms with Crippen LogP contribution in [0, 0.1) is 0 Å². The van der Waals surface area contributed by atoms with Crippen LogP contribution >= 0.6 is 0 Å². The van der Waals surface area contributed by atoms with E-state index in [4.69, 9.17) is 10.2 Å². The van der Waals surface area contributed by atoms with Crippen molar-refractivity contribution in [1.29, 1.82) is 0 Å². The number of aliphatic hydroxyl groups excluding tert-OH is 2. The van der Waals surface area contributed by atoms with E-state index in [1.165, 1.54) is 0 Å². The van der Waals surface area contributed by atoms with Crippen LogP contribution in [-0.4, -0.2) is 65.3 Å². The van der Waals surface area contributed by atoms with Crippen molar-refractivity contribution in [3.63, 3.8) is 0 Å². The number of amides is 2. The summed E-state index contributed by atoms with van der Waals surface area (Å²) in [5.74, 6) is -0.537.